The van der Waals surface area contributed by atoms with Crippen LogP contribution in [0.1, 0.15) is 23.1 Å². The fourth-order valence-corrected chi connectivity index (χ4v) is 5.98. The fourth-order valence-electron chi connectivity index (χ4n) is 5.98. The van der Waals surface area contributed by atoms with Gasteiger partial charge < -0.3 is 36.6 Å². The van der Waals surface area contributed by atoms with E-state index in [2.05, 4.69) is 5.10 Å². The molecule has 0 spiro atoms. The number of Topliss-reactive ketones (excluding diaryl/α,β-unsaturated/α-hetero) is 2. The number of hydrogen-bond donors (Lipinski definition) is 7. The maximum Gasteiger partial charge on any atom is 0.407 e. The van der Waals surface area contributed by atoms with Crippen molar-refractivity contribution in [2.45, 2.75) is 30.7 Å². The van der Waals surface area contributed by atoms with Crippen molar-refractivity contribution in [3.63, 3.8) is 0 Å². The molecule has 16 heteroatoms. The molecule has 1 amide bonds. The van der Waals surface area contributed by atoms with E-state index in [1.807, 2.05) is 0 Å². The number of fused-ring (bicyclic) bond motifs is 3. The van der Waals surface area contributed by atoms with Crippen molar-refractivity contribution in [3.8, 4) is 5.75 Å². The Morgan fingerprint density at radius 1 is 1.24 bits per heavy atom. The number of benzene rings is 1. The summed E-state index contributed by atoms with van der Waals surface area (Å²) in [5.74, 6) is -2.18. The van der Waals surface area contributed by atoms with E-state index in [0.29, 0.717) is 0 Å². The molecule has 0 bridgehead atoms. The number of nitrogens with two attached hydrogens (primary N) is 2. The molecule has 0 saturated heterocycles. The first-order chi connectivity index (χ1) is 18.9. The fraction of sp³-hybridized carbons (Fsp3) is 0.440. The summed E-state index contributed by atoms with van der Waals surface area (Å²) in [5.41, 5.74) is 3.02. The first-order valence-corrected chi connectivity index (χ1v) is 12.3. The number of anilines is 1. The van der Waals surface area contributed by atoms with Gasteiger partial charge in [0.1, 0.15) is 29.4 Å². The maximum atomic E-state index is 13.9. The van der Waals surface area contributed by atoms with Crippen LogP contribution < -0.4 is 22.0 Å². The summed E-state index contributed by atoms with van der Waals surface area (Å²) in [4.78, 5) is 40.5. The number of phenols is 1. The number of rotatable bonds is 6. The maximum absolute atomic E-state index is 13.9. The molecule has 3 aliphatic carbocycles. The van der Waals surface area contributed by atoms with Crippen LogP contribution in [0, 0.1) is 11.8 Å². The monoisotopic (exact) mass is 582 g/mol. The van der Waals surface area contributed by atoms with Gasteiger partial charge in [0.25, 0.3) is 5.91 Å². The lowest BCUT2D eigenvalue weighted by atomic mass is 9.57. The molecule has 1 saturated carbocycles. The van der Waals surface area contributed by atoms with Crippen LogP contribution in [0.4, 0.5) is 18.9 Å². The number of hydrazine groups is 1. The van der Waals surface area contributed by atoms with Crippen molar-refractivity contribution < 1.29 is 48.0 Å². The molecule has 41 heavy (non-hydrogen) atoms. The Hall–Kier alpha value is -4.15. The van der Waals surface area contributed by atoms with Gasteiger partial charge in [0.2, 0.25) is 5.78 Å². The topological polar surface area (TPSA) is 215 Å². The number of nitrogens with zero attached hydrogens (tertiary/aromatic N) is 3. The van der Waals surface area contributed by atoms with E-state index in [9.17, 15) is 48.0 Å². The van der Waals surface area contributed by atoms with E-state index >= 15 is 0 Å². The molecule has 0 radical (unpaired) electrons. The summed E-state index contributed by atoms with van der Waals surface area (Å²) >= 11 is 0. The third kappa shape index (κ3) is 4.66. The van der Waals surface area contributed by atoms with E-state index in [1.165, 1.54) is 32.1 Å². The molecule has 3 aliphatic rings. The van der Waals surface area contributed by atoms with Gasteiger partial charge in [-0.1, -0.05) is 0 Å². The number of phenolic OH excluding ortho intramolecular Hbond substituents is 1. The highest BCUT2D eigenvalue weighted by Crippen LogP contribution is 2.53. The third-order valence-corrected chi connectivity index (χ3v) is 7.68. The van der Waals surface area contributed by atoms with Crippen LogP contribution in [0.25, 0.3) is 5.76 Å². The highest BCUT2D eigenvalue weighted by molar-refractivity contribution is 6.24. The Bertz CT molecular complexity index is 1440. The predicted octanol–water partition coefficient (Wildman–Crippen LogP) is -0.240. The van der Waals surface area contributed by atoms with Crippen molar-refractivity contribution in [2.24, 2.45) is 28.5 Å². The average molecular weight is 583 g/mol. The van der Waals surface area contributed by atoms with Crippen molar-refractivity contribution in [1.29, 1.82) is 0 Å². The van der Waals surface area contributed by atoms with Gasteiger partial charge in [0, 0.05) is 24.1 Å². The van der Waals surface area contributed by atoms with Crippen LogP contribution in [-0.4, -0.2) is 94.5 Å². The number of carbonyl (C=O) groups is 3. The largest absolute Gasteiger partial charge is 0.508 e. The molecule has 0 aromatic heterocycles. The quantitative estimate of drug-likeness (QED) is 0.101. The van der Waals surface area contributed by atoms with Gasteiger partial charge in [0.05, 0.1) is 23.5 Å². The second-order valence-electron chi connectivity index (χ2n) is 10.5. The zero-order chi connectivity index (χ0) is 30.8. The average Bonchev–Trinajstić information content (AvgIpc) is 2.83. The molecular weight excluding hydrogens is 553 g/mol. The lowest BCUT2D eigenvalue weighted by molar-refractivity contribution is -0.153. The molecule has 4 atom stereocenters. The summed E-state index contributed by atoms with van der Waals surface area (Å²) in [5, 5.41) is 49.5. The van der Waals surface area contributed by atoms with E-state index in [1.54, 1.807) is 5.43 Å². The number of hydrazone groups is 1. The number of nitrogens with one attached hydrogen (secondary N) is 1. The van der Waals surface area contributed by atoms with Crippen molar-refractivity contribution in [2.75, 3.05) is 32.7 Å². The Kier molecular flexibility index (Phi) is 7.30. The highest BCUT2D eigenvalue weighted by Gasteiger charge is 2.64. The first-order valence-electron chi connectivity index (χ1n) is 12.3. The number of amides is 1. The lowest BCUT2D eigenvalue weighted by Gasteiger charge is -2.50. The summed E-state index contributed by atoms with van der Waals surface area (Å²) < 4.78 is 37.4. The van der Waals surface area contributed by atoms with Crippen LogP contribution in [0.3, 0.4) is 0 Å². The number of primary amides is 1. The molecule has 222 valence electrons. The van der Waals surface area contributed by atoms with Crippen LogP contribution in [0.2, 0.25) is 0 Å². The normalized spacial score (nSPS) is 26.3. The van der Waals surface area contributed by atoms with Gasteiger partial charge in [-0.25, -0.2) is 5.84 Å². The van der Waals surface area contributed by atoms with Gasteiger partial charge in [0.15, 0.2) is 11.4 Å². The van der Waals surface area contributed by atoms with Crippen LogP contribution >= 0.6 is 0 Å². The SMILES string of the molecule is CN(N)c1cc(/C=N/NCC(F)(F)F)c(O)c2c1C[C@H]1C[C@H]3[C@H](N(C)C)C(=O)C(C(N)=O)=C(O)[C@@]3(O)C(=O)C1=C2O. The summed E-state index contributed by atoms with van der Waals surface area (Å²) in [6.45, 7) is -1.45. The molecule has 1 aromatic rings. The highest BCUT2D eigenvalue weighted by atomic mass is 19.4. The van der Waals surface area contributed by atoms with Gasteiger partial charge >= 0.3 is 6.18 Å². The number of aliphatic hydroxyl groups excluding tert-OH is 2. The van der Waals surface area contributed by atoms with Gasteiger partial charge in [-0.3, -0.25) is 19.3 Å². The predicted molar refractivity (Wildman–Crippen MR) is 138 cm³/mol. The second-order valence-corrected chi connectivity index (χ2v) is 10.5. The summed E-state index contributed by atoms with van der Waals surface area (Å²) in [6.07, 6.45) is -3.83. The Morgan fingerprint density at radius 3 is 2.41 bits per heavy atom. The Labute approximate surface area is 231 Å². The van der Waals surface area contributed by atoms with E-state index in [0.717, 1.165) is 11.2 Å². The molecule has 1 aromatic carbocycles. The van der Waals surface area contributed by atoms with Crippen LogP contribution in [-0.2, 0) is 20.8 Å². The number of alkyl halides is 3. The lowest BCUT2D eigenvalue weighted by Crippen LogP contribution is -2.65. The van der Waals surface area contributed by atoms with Gasteiger partial charge in [-0.05, 0) is 44.5 Å². The molecule has 9 N–H and O–H groups in total. The number of hydrogen-bond acceptors (Lipinski definition) is 12. The second kappa shape index (κ2) is 10.0. The minimum atomic E-state index is -4.56. The van der Waals surface area contributed by atoms with Crippen molar-refractivity contribution in [3.05, 3.63) is 39.7 Å². The number of aliphatic hydroxyl groups is 3. The summed E-state index contributed by atoms with van der Waals surface area (Å²) in [6, 6.07) is 0.0902. The number of halogens is 3. The minimum absolute atomic E-state index is 0.0251. The first kappa shape index (κ1) is 29.8. The van der Waals surface area contributed by atoms with Crippen LogP contribution in [0.5, 0.6) is 5.75 Å². The number of carbonyl (C=O) groups excluding carboxylic acids is 3. The van der Waals surface area contributed by atoms with Crippen molar-refractivity contribution in [1.82, 2.24) is 10.3 Å². The molecule has 1 fully saturated rings. The van der Waals surface area contributed by atoms with Crippen molar-refractivity contribution >= 4 is 35.1 Å². The number of likely N-dealkylation sites (N-methyl/N-ethyl adjacent to an activating group) is 1. The molecule has 0 heterocycles. The van der Waals surface area contributed by atoms with Crippen LogP contribution in [0.15, 0.2) is 28.1 Å². The summed E-state index contributed by atoms with van der Waals surface area (Å²) in [7, 11) is 4.41. The van der Waals surface area contributed by atoms with E-state index in [-0.39, 0.29) is 40.8 Å². The number of aromatic hydroxyl groups is 1. The third-order valence-electron chi connectivity index (χ3n) is 7.68. The smallest absolute Gasteiger partial charge is 0.407 e. The standard InChI is InChI=1S/C25H29F3N6O7/c1-33(2)17-12-5-9-4-11-13(34(3)30)6-10(7-31-32-8-24(26,27)28)18(35)15(11)19(36)14(9)21(38)25(12,41)22(39)16(20(17)37)23(29)40/h6-7,9,12,17,32,35-36,39,41H,4-5,8,30H2,1-3H3,(H2,29,40)/b31-7+/t9-,12-,17-,25-/m0/s1. The van der Waals surface area contributed by atoms with Gasteiger partial charge in [-0.2, -0.15) is 18.3 Å². The Balaban J connectivity index is 1.91. The molecule has 4 rings (SSSR count). The zero-order valence-corrected chi connectivity index (χ0v) is 22.2. The molecule has 0 aliphatic heterocycles. The minimum Gasteiger partial charge on any atom is -0.508 e. The number of ketones is 2. The van der Waals surface area contributed by atoms with E-state index in [4.69, 9.17) is 11.6 Å². The van der Waals surface area contributed by atoms with E-state index < -0.39 is 76.5 Å². The zero-order valence-electron chi connectivity index (χ0n) is 22.2. The molecular formula is C25H29F3N6O7. The van der Waals surface area contributed by atoms with Gasteiger partial charge in [-0.15, -0.1) is 0 Å². The molecule has 0 unspecified atom stereocenters. The molecule has 13 nitrogen and oxygen atoms in total. The Morgan fingerprint density at radius 2 is 1.88 bits per heavy atom.